The average Bonchev–Trinajstić information content (AvgIpc) is 2.63. The number of rotatable bonds is 11. The van der Waals surface area contributed by atoms with Crippen molar-refractivity contribution >= 4 is 27.1 Å². The van der Waals surface area contributed by atoms with Gasteiger partial charge < -0.3 is 40.6 Å². The van der Waals surface area contributed by atoms with E-state index in [-0.39, 0.29) is 13.0 Å². The van der Waals surface area contributed by atoms with Gasteiger partial charge in [-0.2, -0.15) is 5.48 Å². The summed E-state index contributed by atoms with van der Waals surface area (Å²) in [5.41, 5.74) is 7.86. The third-order valence-electron chi connectivity index (χ3n) is 3.76. The van der Waals surface area contributed by atoms with Crippen molar-refractivity contribution in [3.63, 3.8) is 0 Å². The summed E-state index contributed by atoms with van der Waals surface area (Å²) in [7, 11) is -11.2. The molecule has 9 N–H and O–H groups in total. The Hall–Kier alpha value is -1.66. The van der Waals surface area contributed by atoms with Crippen molar-refractivity contribution in [3.05, 3.63) is 35.9 Å². The molecule has 1 aromatic carbocycles. The van der Waals surface area contributed by atoms with Crippen molar-refractivity contribution in [3.8, 4) is 0 Å². The molecule has 1 aromatic rings. The van der Waals surface area contributed by atoms with Gasteiger partial charge >= 0.3 is 21.2 Å². The lowest BCUT2D eigenvalue weighted by molar-refractivity contribution is -0.155. The van der Waals surface area contributed by atoms with Crippen LogP contribution in [-0.2, 0) is 30.0 Å². The zero-order valence-electron chi connectivity index (χ0n) is 15.0. The van der Waals surface area contributed by atoms with Crippen LogP contribution in [0.4, 0.5) is 0 Å². The van der Waals surface area contributed by atoms with Gasteiger partial charge in [-0.3, -0.25) is 13.9 Å². The normalized spacial score (nSPS) is 13.6. The molecule has 13 nitrogen and oxygen atoms in total. The average molecular weight is 455 g/mol. The van der Waals surface area contributed by atoms with Crippen molar-refractivity contribution < 1.29 is 48.2 Å². The lowest BCUT2D eigenvalue weighted by Gasteiger charge is -2.29. The minimum atomic E-state index is -5.62. The molecular weight excluding hydrogens is 432 g/mol. The Labute approximate surface area is 165 Å². The fourth-order valence-electron chi connectivity index (χ4n) is 2.17. The lowest BCUT2D eigenvalue weighted by Crippen LogP contribution is -2.47. The largest absolute Gasteiger partial charge is 0.369 e. The second kappa shape index (κ2) is 10.4. The van der Waals surface area contributed by atoms with E-state index in [1.807, 2.05) is 5.48 Å². The topological polar surface area (TPSA) is 229 Å². The monoisotopic (exact) mass is 455 g/mol. The van der Waals surface area contributed by atoms with Crippen molar-refractivity contribution in [1.29, 1.82) is 0 Å². The van der Waals surface area contributed by atoms with Gasteiger partial charge in [-0.25, -0.2) is 4.79 Å². The molecule has 164 valence electrons. The maximum atomic E-state index is 12.2. The second-order valence-electron chi connectivity index (χ2n) is 5.94. The summed E-state index contributed by atoms with van der Waals surface area (Å²) in [6.45, 7) is -1.09. The van der Waals surface area contributed by atoms with Crippen LogP contribution in [0.25, 0.3) is 0 Å². The zero-order valence-corrected chi connectivity index (χ0v) is 16.8. The Kier molecular flexibility index (Phi) is 9.09. The van der Waals surface area contributed by atoms with E-state index in [0.717, 1.165) is 0 Å². The van der Waals surface area contributed by atoms with Gasteiger partial charge in [-0.1, -0.05) is 30.3 Å². The molecule has 15 heteroatoms. The van der Waals surface area contributed by atoms with Crippen molar-refractivity contribution in [2.75, 3.05) is 13.1 Å². The maximum absolute atomic E-state index is 12.2. The van der Waals surface area contributed by atoms with Gasteiger partial charge in [0, 0.05) is 19.4 Å². The molecule has 1 atom stereocenters. The van der Waals surface area contributed by atoms with Gasteiger partial charge in [0.15, 0.2) is 0 Å². The van der Waals surface area contributed by atoms with E-state index in [1.54, 1.807) is 30.3 Å². The summed E-state index contributed by atoms with van der Waals surface area (Å²) in [6.07, 6.45) is -1.09. The number of hydrogen-bond acceptors (Lipinski definition) is 8. The van der Waals surface area contributed by atoms with E-state index >= 15 is 0 Å². The van der Waals surface area contributed by atoms with Gasteiger partial charge in [-0.15, -0.1) is 0 Å². The Morgan fingerprint density at radius 2 is 1.66 bits per heavy atom. The molecule has 0 aromatic heterocycles. The third-order valence-corrected chi connectivity index (χ3v) is 7.63. The molecule has 0 fully saturated rings. The SMILES string of the molecule is NCC(=O)NC(Cc1ccccc1)C(=O)ONCCC(O)(P(=O)(O)O)P(=O)(O)O. The highest BCUT2D eigenvalue weighted by Crippen LogP contribution is 2.68. The Morgan fingerprint density at radius 3 is 2.14 bits per heavy atom. The first kappa shape index (κ1) is 25.4. The first-order chi connectivity index (χ1) is 13.3. The van der Waals surface area contributed by atoms with Crippen molar-refractivity contribution in [1.82, 2.24) is 10.8 Å². The van der Waals surface area contributed by atoms with Gasteiger partial charge in [0.1, 0.15) is 6.04 Å². The molecule has 0 radical (unpaired) electrons. The number of carbonyl (C=O) groups is 2. The molecule has 0 heterocycles. The number of nitrogens with two attached hydrogens (primary N) is 1. The summed E-state index contributed by atoms with van der Waals surface area (Å²) in [5, 5.41) is 8.43. The van der Waals surface area contributed by atoms with Crippen LogP contribution in [-0.4, -0.2) is 60.8 Å². The van der Waals surface area contributed by atoms with E-state index in [0.29, 0.717) is 5.56 Å². The highest BCUT2D eigenvalue weighted by Gasteiger charge is 2.58. The molecule has 0 aliphatic rings. The van der Waals surface area contributed by atoms with Gasteiger partial charge in [0.25, 0.3) is 5.08 Å². The summed E-state index contributed by atoms with van der Waals surface area (Å²) >= 11 is 0. The minimum absolute atomic E-state index is 0.0436. The fourth-order valence-corrected chi connectivity index (χ4v) is 4.33. The van der Waals surface area contributed by atoms with Crippen LogP contribution in [0.5, 0.6) is 0 Å². The minimum Gasteiger partial charge on any atom is -0.369 e. The molecule has 0 aliphatic carbocycles. The van der Waals surface area contributed by atoms with Crippen molar-refractivity contribution in [2.45, 2.75) is 24.0 Å². The highest BCUT2D eigenvalue weighted by molar-refractivity contribution is 7.72. The predicted octanol–water partition coefficient (Wildman–Crippen LogP) is -1.89. The molecule has 0 spiro atoms. The molecule has 0 bridgehead atoms. The smallest absolute Gasteiger partial charge is 0.369 e. The van der Waals surface area contributed by atoms with Gasteiger partial charge in [-0.05, 0) is 5.56 Å². The molecule has 0 aliphatic heterocycles. The number of hydrogen-bond donors (Lipinski definition) is 8. The van der Waals surface area contributed by atoms with E-state index in [4.69, 9.17) is 25.3 Å². The Bertz CT molecular complexity index is 772. The fraction of sp³-hybridized carbons (Fsp3) is 0.429. The van der Waals surface area contributed by atoms with Crippen LogP contribution in [0.15, 0.2) is 30.3 Å². The summed E-state index contributed by atoms with van der Waals surface area (Å²) in [5.74, 6) is -1.63. The maximum Gasteiger partial charge on any atom is 0.369 e. The number of nitrogens with one attached hydrogen (secondary N) is 2. The number of benzene rings is 1. The van der Waals surface area contributed by atoms with E-state index < -0.39 is 51.2 Å². The number of carbonyl (C=O) groups excluding carboxylic acids is 2. The molecule has 1 amide bonds. The first-order valence-electron chi connectivity index (χ1n) is 8.12. The molecule has 29 heavy (non-hydrogen) atoms. The van der Waals surface area contributed by atoms with Crippen LogP contribution >= 0.6 is 15.2 Å². The predicted molar refractivity (Wildman–Crippen MR) is 98.9 cm³/mol. The third kappa shape index (κ3) is 7.27. The van der Waals surface area contributed by atoms with Crippen LogP contribution in [0.3, 0.4) is 0 Å². The van der Waals surface area contributed by atoms with Crippen LogP contribution in [0, 0.1) is 0 Å². The lowest BCUT2D eigenvalue weighted by atomic mass is 10.1. The number of aliphatic hydroxyl groups is 1. The second-order valence-corrected chi connectivity index (χ2v) is 9.95. The van der Waals surface area contributed by atoms with E-state index in [1.165, 1.54) is 0 Å². The van der Waals surface area contributed by atoms with Crippen LogP contribution in [0.1, 0.15) is 12.0 Å². The van der Waals surface area contributed by atoms with Gasteiger partial charge in [0.2, 0.25) is 5.91 Å². The quantitative estimate of drug-likeness (QED) is 0.104. The first-order valence-corrected chi connectivity index (χ1v) is 11.3. The van der Waals surface area contributed by atoms with E-state index in [9.17, 15) is 23.8 Å². The summed E-state index contributed by atoms with van der Waals surface area (Å²) in [6, 6.07) is 7.41. The molecular formula is C14H23N3O10P2. The van der Waals surface area contributed by atoms with Gasteiger partial charge in [0.05, 0.1) is 6.54 Å². The molecule has 1 unspecified atom stereocenters. The van der Waals surface area contributed by atoms with Crippen LogP contribution in [0.2, 0.25) is 0 Å². The number of amides is 1. The molecule has 0 saturated heterocycles. The Balaban J connectivity index is 2.74. The zero-order chi connectivity index (χ0) is 22.3. The molecule has 1 rings (SSSR count). The van der Waals surface area contributed by atoms with Crippen LogP contribution < -0.4 is 16.5 Å². The number of hydroxylamine groups is 1. The highest BCUT2D eigenvalue weighted by atomic mass is 31.2. The summed E-state index contributed by atoms with van der Waals surface area (Å²) < 4.78 is 22.5. The molecule has 0 saturated carbocycles. The van der Waals surface area contributed by atoms with E-state index in [2.05, 4.69) is 10.2 Å². The van der Waals surface area contributed by atoms with Crippen molar-refractivity contribution in [2.24, 2.45) is 5.73 Å². The Morgan fingerprint density at radius 1 is 1.10 bits per heavy atom. The standard InChI is InChI=1S/C14H23N3O10P2/c15-9-12(18)17-11(8-10-4-2-1-3-5-10)13(19)27-16-7-6-14(20,28(21,22)23)29(24,25)26/h1-5,11,16,20H,6-9,15H2,(H,17,18)(H2,21,22,23)(H2,24,25,26). The summed E-state index contributed by atoms with van der Waals surface area (Å²) in [4.78, 5) is 64.6.